The minimum Gasteiger partial charge on any atom is -0.278 e. The van der Waals surface area contributed by atoms with Crippen LogP contribution in [0.25, 0.3) is 11.8 Å². The van der Waals surface area contributed by atoms with E-state index >= 15 is 0 Å². The summed E-state index contributed by atoms with van der Waals surface area (Å²) in [5, 5.41) is 22.6. The fraction of sp³-hybridized carbons (Fsp3) is 0.0769. The van der Waals surface area contributed by atoms with E-state index in [0.29, 0.717) is 5.13 Å². The van der Waals surface area contributed by atoms with Crippen molar-refractivity contribution in [2.45, 2.75) is 6.92 Å². The van der Waals surface area contributed by atoms with Crippen LogP contribution in [-0.2, 0) is 4.79 Å². The molecule has 0 unspecified atom stereocenters. The van der Waals surface area contributed by atoms with E-state index in [4.69, 9.17) is 0 Å². The van der Waals surface area contributed by atoms with Gasteiger partial charge in [-0.3, -0.25) is 9.69 Å². The molecule has 0 saturated carbocycles. The van der Waals surface area contributed by atoms with E-state index in [1.165, 1.54) is 16.2 Å². The highest BCUT2D eigenvalue weighted by Gasteiger charge is 2.20. The fourth-order valence-corrected chi connectivity index (χ4v) is 3.01. The number of aromatic nitrogens is 2. The number of amides is 1. The van der Waals surface area contributed by atoms with Crippen LogP contribution in [-0.4, -0.2) is 16.6 Å². The molecule has 8 heteroatoms. The maximum atomic E-state index is 11.5. The lowest BCUT2D eigenvalue weighted by molar-refractivity contribution is -0.106. The molecule has 0 saturated heterocycles. The summed E-state index contributed by atoms with van der Waals surface area (Å²) in [6.07, 6.45) is 4.52. The largest absolute Gasteiger partial charge is 0.278 e. The Kier molecular flexibility index (Phi) is 2.51. The Hall–Kier alpha value is -2.74. The van der Waals surface area contributed by atoms with E-state index in [-0.39, 0.29) is 0 Å². The molecule has 4 rings (SSSR count). The summed E-state index contributed by atoms with van der Waals surface area (Å²) in [6, 6.07) is 3.75. The van der Waals surface area contributed by atoms with Crippen LogP contribution >= 0.6 is 11.3 Å². The molecule has 1 aliphatic carbocycles. The number of rotatable bonds is 3. The van der Waals surface area contributed by atoms with E-state index in [9.17, 15) is 4.79 Å². The quantitative estimate of drug-likeness (QED) is 0.800. The summed E-state index contributed by atoms with van der Waals surface area (Å²) < 4.78 is 0. The summed E-state index contributed by atoms with van der Waals surface area (Å²) in [5.41, 5.74) is 2.40. The first-order chi connectivity index (χ1) is 10.3. The van der Waals surface area contributed by atoms with E-state index in [1.807, 2.05) is 31.2 Å². The van der Waals surface area contributed by atoms with Gasteiger partial charge in [0, 0.05) is 10.8 Å². The minimum atomic E-state index is 0.543. The third-order valence-corrected chi connectivity index (χ3v) is 4.10. The molecule has 0 bridgehead atoms. The van der Waals surface area contributed by atoms with Gasteiger partial charge in [0.1, 0.15) is 16.1 Å². The van der Waals surface area contributed by atoms with Crippen molar-refractivity contribution in [3.63, 3.8) is 0 Å². The van der Waals surface area contributed by atoms with Gasteiger partial charge in [-0.15, -0.1) is 20.4 Å². The van der Waals surface area contributed by atoms with Gasteiger partial charge in [-0.1, -0.05) is 11.3 Å². The van der Waals surface area contributed by atoms with Crippen LogP contribution in [0.3, 0.4) is 0 Å². The van der Waals surface area contributed by atoms with Crippen LogP contribution in [0.2, 0.25) is 0 Å². The molecule has 0 N–H and O–H groups in total. The van der Waals surface area contributed by atoms with Crippen molar-refractivity contribution in [1.82, 2.24) is 10.2 Å². The molecule has 102 valence electrons. The van der Waals surface area contributed by atoms with Gasteiger partial charge in [-0.2, -0.15) is 0 Å². The van der Waals surface area contributed by atoms with Gasteiger partial charge >= 0.3 is 0 Å². The highest BCUT2D eigenvalue weighted by Crippen LogP contribution is 2.27. The molecule has 0 atom stereocenters. The second-order valence-corrected chi connectivity index (χ2v) is 5.64. The van der Waals surface area contributed by atoms with Crippen molar-refractivity contribution in [1.29, 1.82) is 0 Å². The maximum Gasteiger partial charge on any atom is 0.220 e. The van der Waals surface area contributed by atoms with Crippen molar-refractivity contribution in [3.8, 4) is 0 Å². The number of hydrogen-bond acceptors (Lipinski definition) is 7. The zero-order valence-electron chi connectivity index (χ0n) is 10.9. The predicted molar refractivity (Wildman–Crippen MR) is 77.4 cm³/mol. The molecule has 0 radical (unpaired) electrons. The van der Waals surface area contributed by atoms with Gasteiger partial charge in [0.2, 0.25) is 11.5 Å². The van der Waals surface area contributed by atoms with Crippen LogP contribution in [0, 0.1) is 6.92 Å². The summed E-state index contributed by atoms with van der Waals surface area (Å²) in [6.45, 7) is 1.85. The molecule has 2 aliphatic rings. The van der Waals surface area contributed by atoms with E-state index in [0.717, 1.165) is 38.9 Å². The third-order valence-electron chi connectivity index (χ3n) is 3.26. The number of aryl methyl sites for hydroxylation is 1. The van der Waals surface area contributed by atoms with Gasteiger partial charge in [0.05, 0.1) is 5.70 Å². The average molecular weight is 296 g/mol. The molecule has 2 aromatic rings. The molecular weight excluding hydrogens is 288 g/mol. The SMILES string of the molecule is Cc1nnc(N(C=O)C2=c3ccc4c(c3C=C2)N=NN=4)s1. The Morgan fingerprint density at radius 2 is 2.14 bits per heavy atom. The number of hydrogen-bond donors (Lipinski definition) is 0. The lowest BCUT2D eigenvalue weighted by Gasteiger charge is -2.12. The fourth-order valence-electron chi connectivity index (χ4n) is 2.34. The van der Waals surface area contributed by atoms with Gasteiger partial charge in [-0.25, -0.2) is 0 Å². The topological polar surface area (TPSA) is 83.2 Å². The van der Waals surface area contributed by atoms with Crippen LogP contribution in [0.1, 0.15) is 10.6 Å². The first-order valence-electron chi connectivity index (χ1n) is 6.17. The summed E-state index contributed by atoms with van der Waals surface area (Å²) in [4.78, 5) is 13.0. The van der Waals surface area contributed by atoms with Crippen molar-refractivity contribution in [2.24, 2.45) is 15.4 Å². The van der Waals surface area contributed by atoms with Crippen molar-refractivity contribution in [2.75, 3.05) is 4.90 Å². The molecule has 7 nitrogen and oxygen atoms in total. The average Bonchev–Trinajstić information content (AvgIpc) is 3.18. The Labute approximate surface area is 122 Å². The Morgan fingerprint density at radius 1 is 1.24 bits per heavy atom. The van der Waals surface area contributed by atoms with Gasteiger partial charge in [-0.05, 0) is 36.4 Å². The van der Waals surface area contributed by atoms with E-state index in [2.05, 4.69) is 25.6 Å². The molecule has 1 aromatic heterocycles. The molecule has 0 spiro atoms. The number of benzene rings is 1. The van der Waals surface area contributed by atoms with Gasteiger partial charge < -0.3 is 0 Å². The number of fused-ring (bicyclic) bond motifs is 3. The summed E-state index contributed by atoms with van der Waals surface area (Å²) >= 11 is 1.36. The number of nitrogens with zero attached hydrogens (tertiary/aromatic N) is 6. The van der Waals surface area contributed by atoms with Gasteiger partial charge in [0.15, 0.2) is 0 Å². The van der Waals surface area contributed by atoms with Crippen LogP contribution in [0.4, 0.5) is 10.8 Å². The van der Waals surface area contributed by atoms with E-state index in [1.54, 1.807) is 0 Å². The molecule has 1 aromatic carbocycles. The number of anilines is 1. The molecule has 21 heavy (non-hydrogen) atoms. The Bertz CT molecular complexity index is 942. The molecule has 1 aliphatic heterocycles. The third kappa shape index (κ3) is 1.73. The Balaban J connectivity index is 1.94. The minimum absolute atomic E-state index is 0.543. The normalized spacial score (nSPS) is 14.0. The summed E-state index contributed by atoms with van der Waals surface area (Å²) in [5.74, 6) is 0. The standard InChI is InChI=1S/C13H8N6OS/c1-7-14-17-13(21-7)19(6-20)11-5-3-9-8(11)2-4-10-12(9)16-18-15-10/h2-6H,1H3. The summed E-state index contributed by atoms with van der Waals surface area (Å²) in [7, 11) is 0. The highest BCUT2D eigenvalue weighted by atomic mass is 32.1. The first-order valence-corrected chi connectivity index (χ1v) is 6.98. The predicted octanol–water partition coefficient (Wildman–Crippen LogP) is 1.28. The highest BCUT2D eigenvalue weighted by molar-refractivity contribution is 7.15. The lowest BCUT2D eigenvalue weighted by atomic mass is 10.1. The first kappa shape index (κ1) is 12.0. The second-order valence-electron chi connectivity index (χ2n) is 4.48. The van der Waals surface area contributed by atoms with Crippen LogP contribution in [0.5, 0.6) is 0 Å². The van der Waals surface area contributed by atoms with Crippen LogP contribution < -0.4 is 15.5 Å². The number of carbonyl (C=O) groups is 1. The zero-order valence-corrected chi connectivity index (χ0v) is 11.7. The van der Waals surface area contributed by atoms with Crippen LogP contribution in [0.15, 0.2) is 33.6 Å². The van der Waals surface area contributed by atoms with E-state index < -0.39 is 0 Å². The maximum absolute atomic E-state index is 11.5. The van der Waals surface area contributed by atoms with Crippen molar-refractivity contribution in [3.05, 3.63) is 39.4 Å². The lowest BCUT2D eigenvalue weighted by Crippen LogP contribution is -2.24. The molecule has 0 fully saturated rings. The zero-order chi connectivity index (χ0) is 14.4. The monoisotopic (exact) mass is 296 g/mol. The van der Waals surface area contributed by atoms with Crippen molar-refractivity contribution < 1.29 is 4.79 Å². The smallest absolute Gasteiger partial charge is 0.220 e. The molecular formula is C13H8N6OS. The van der Waals surface area contributed by atoms with Gasteiger partial charge in [0.25, 0.3) is 0 Å². The molecule has 1 amide bonds. The number of carbonyl (C=O) groups excluding carboxylic acids is 1. The van der Waals surface area contributed by atoms with Crippen molar-refractivity contribution >= 4 is 40.3 Å². The molecule has 2 heterocycles. The Morgan fingerprint density at radius 3 is 2.90 bits per heavy atom. The second kappa shape index (κ2) is 4.38.